The first-order valence-corrected chi connectivity index (χ1v) is 13.1. The summed E-state index contributed by atoms with van der Waals surface area (Å²) in [5.74, 6) is -0.0322. The van der Waals surface area contributed by atoms with Gasteiger partial charge < -0.3 is 19.8 Å². The fraction of sp³-hybridized carbons (Fsp3) is 0.444. The highest BCUT2D eigenvalue weighted by atomic mass is 35.5. The Morgan fingerprint density at radius 3 is 2.47 bits per heavy atom. The van der Waals surface area contributed by atoms with Crippen LogP contribution >= 0.6 is 23.2 Å². The summed E-state index contributed by atoms with van der Waals surface area (Å²) < 4.78 is 0. The molecule has 0 atom stereocenters. The van der Waals surface area contributed by atoms with Crippen molar-refractivity contribution >= 4 is 41.1 Å². The van der Waals surface area contributed by atoms with Crippen molar-refractivity contribution in [2.45, 2.75) is 31.3 Å². The fourth-order valence-electron chi connectivity index (χ4n) is 4.80. The van der Waals surface area contributed by atoms with Crippen molar-refractivity contribution < 1.29 is 14.7 Å². The van der Waals surface area contributed by atoms with Crippen LogP contribution in [0.1, 0.15) is 36.8 Å². The molecule has 0 aliphatic carbocycles. The van der Waals surface area contributed by atoms with E-state index in [0.717, 1.165) is 37.2 Å². The normalized spacial score (nSPS) is 19.0. The summed E-state index contributed by atoms with van der Waals surface area (Å²) in [5, 5.41) is 11.9. The zero-order valence-electron chi connectivity index (χ0n) is 20.3. The summed E-state index contributed by atoms with van der Waals surface area (Å²) in [6.45, 7) is 4.66. The molecular weight excluding hydrogens is 499 g/mol. The zero-order chi connectivity index (χ0) is 25.5. The topological polar surface area (TPSA) is 77.0 Å². The number of nitrogens with zero attached hydrogens (tertiary/aromatic N) is 4. The number of hydrogen-bond donors (Lipinski definition) is 1. The Balaban J connectivity index is 1.21. The van der Waals surface area contributed by atoms with Crippen LogP contribution in [0.2, 0.25) is 10.0 Å². The lowest BCUT2D eigenvalue weighted by Crippen LogP contribution is -2.43. The van der Waals surface area contributed by atoms with Gasteiger partial charge in [-0.2, -0.15) is 0 Å². The van der Waals surface area contributed by atoms with E-state index in [1.165, 1.54) is 6.08 Å². The highest BCUT2D eigenvalue weighted by Crippen LogP contribution is 2.32. The number of amides is 2. The molecule has 2 aromatic rings. The number of aliphatic hydroxyl groups is 1. The summed E-state index contributed by atoms with van der Waals surface area (Å²) in [7, 11) is 0. The molecule has 0 saturated carbocycles. The number of hydrogen-bond acceptors (Lipinski definition) is 5. The molecule has 2 aliphatic heterocycles. The minimum absolute atomic E-state index is 0.0875. The highest BCUT2D eigenvalue weighted by Gasteiger charge is 2.33. The minimum Gasteiger partial charge on any atom is -0.385 e. The molecule has 4 rings (SSSR count). The van der Waals surface area contributed by atoms with E-state index < -0.39 is 5.60 Å². The Morgan fingerprint density at radius 1 is 1.00 bits per heavy atom. The van der Waals surface area contributed by atoms with E-state index >= 15 is 0 Å². The molecule has 1 aromatic carbocycles. The van der Waals surface area contributed by atoms with Gasteiger partial charge in [-0.3, -0.25) is 14.6 Å². The molecule has 1 aromatic heterocycles. The fourth-order valence-corrected chi connectivity index (χ4v) is 5.10. The number of carbonyl (C=O) groups excluding carboxylic acids is 2. The average Bonchev–Trinajstić information content (AvgIpc) is 3.08. The maximum atomic E-state index is 12.7. The minimum atomic E-state index is -0.787. The molecule has 0 radical (unpaired) electrons. The summed E-state index contributed by atoms with van der Waals surface area (Å²) in [6.07, 6.45) is 9.24. The van der Waals surface area contributed by atoms with Gasteiger partial charge in [-0.1, -0.05) is 29.3 Å². The molecule has 2 fully saturated rings. The zero-order valence-corrected chi connectivity index (χ0v) is 21.8. The second kappa shape index (κ2) is 12.2. The predicted molar refractivity (Wildman–Crippen MR) is 142 cm³/mol. The molecule has 36 heavy (non-hydrogen) atoms. The van der Waals surface area contributed by atoms with E-state index in [1.807, 2.05) is 17.0 Å². The smallest absolute Gasteiger partial charge is 0.246 e. The molecular formula is C27H32Cl2N4O3. The predicted octanol–water partition coefficient (Wildman–Crippen LogP) is 3.84. The van der Waals surface area contributed by atoms with Crippen LogP contribution in [-0.2, 0) is 15.2 Å². The third-order valence-corrected chi connectivity index (χ3v) is 7.80. The van der Waals surface area contributed by atoms with Crippen molar-refractivity contribution in [2.75, 3.05) is 45.8 Å². The van der Waals surface area contributed by atoms with Crippen molar-refractivity contribution in [3.05, 3.63) is 70.0 Å². The summed E-state index contributed by atoms with van der Waals surface area (Å²) in [5.41, 5.74) is 0.935. The standard InChI is InChI=1S/C27H32Cl2N4O3/c28-23-4-2-21(20-24(23)29)3-5-25(34)33-15-8-26(35)32(18-19-33)14-1-13-31-16-9-27(36,10-17-31)22-6-11-30-12-7-22/h2-7,11-12,20,36H,1,8-10,13-19H2/b5-3+. The first-order chi connectivity index (χ1) is 17.3. The number of halogens is 2. The number of benzene rings is 1. The Kier molecular flexibility index (Phi) is 9.01. The lowest BCUT2D eigenvalue weighted by Gasteiger charge is -2.38. The number of aromatic nitrogens is 1. The monoisotopic (exact) mass is 530 g/mol. The molecule has 7 nitrogen and oxygen atoms in total. The molecule has 0 bridgehead atoms. The maximum absolute atomic E-state index is 12.7. The Labute approximate surface area is 222 Å². The van der Waals surface area contributed by atoms with Gasteiger partial charge >= 0.3 is 0 Å². The average molecular weight is 531 g/mol. The number of pyridine rings is 1. The lowest BCUT2D eigenvalue weighted by atomic mass is 9.85. The Hall–Kier alpha value is -2.45. The number of piperidine rings is 1. The van der Waals surface area contributed by atoms with Crippen molar-refractivity contribution in [1.29, 1.82) is 0 Å². The lowest BCUT2D eigenvalue weighted by molar-refractivity contribution is -0.130. The van der Waals surface area contributed by atoms with Gasteiger partial charge in [0.05, 0.1) is 15.6 Å². The van der Waals surface area contributed by atoms with Crippen LogP contribution in [0.25, 0.3) is 6.08 Å². The third-order valence-electron chi connectivity index (χ3n) is 7.07. The van der Waals surface area contributed by atoms with Gasteiger partial charge in [0.2, 0.25) is 11.8 Å². The number of rotatable bonds is 7. The van der Waals surface area contributed by atoms with Gasteiger partial charge in [0.25, 0.3) is 0 Å². The Morgan fingerprint density at radius 2 is 1.75 bits per heavy atom. The van der Waals surface area contributed by atoms with Gasteiger partial charge in [-0.15, -0.1) is 0 Å². The van der Waals surface area contributed by atoms with Crippen molar-refractivity contribution in [2.24, 2.45) is 0 Å². The largest absolute Gasteiger partial charge is 0.385 e. The Bertz CT molecular complexity index is 1090. The highest BCUT2D eigenvalue weighted by molar-refractivity contribution is 6.42. The quantitative estimate of drug-likeness (QED) is 0.550. The summed E-state index contributed by atoms with van der Waals surface area (Å²) in [4.78, 5) is 35.3. The molecule has 0 spiro atoms. The van der Waals surface area contributed by atoms with Crippen LogP contribution in [0.15, 0.2) is 48.8 Å². The molecule has 2 amide bonds. The van der Waals surface area contributed by atoms with Gasteiger partial charge in [0.1, 0.15) is 0 Å². The van der Waals surface area contributed by atoms with Crippen LogP contribution in [0.5, 0.6) is 0 Å². The molecule has 2 saturated heterocycles. The van der Waals surface area contributed by atoms with E-state index in [1.54, 1.807) is 41.6 Å². The van der Waals surface area contributed by atoms with E-state index in [4.69, 9.17) is 23.2 Å². The van der Waals surface area contributed by atoms with Crippen LogP contribution in [0.3, 0.4) is 0 Å². The SMILES string of the molecule is O=C(/C=C/c1ccc(Cl)c(Cl)c1)N1CCC(=O)N(CCCN2CCC(O)(c3ccncc3)CC2)CC1. The van der Waals surface area contributed by atoms with Crippen LogP contribution in [-0.4, -0.2) is 82.4 Å². The summed E-state index contributed by atoms with van der Waals surface area (Å²) in [6, 6.07) is 8.98. The number of carbonyl (C=O) groups is 2. The van der Waals surface area contributed by atoms with Gasteiger partial charge in [0, 0.05) is 64.2 Å². The second-order valence-electron chi connectivity index (χ2n) is 9.43. The first-order valence-electron chi connectivity index (χ1n) is 12.4. The molecule has 9 heteroatoms. The van der Waals surface area contributed by atoms with Crippen molar-refractivity contribution in [3.63, 3.8) is 0 Å². The van der Waals surface area contributed by atoms with E-state index in [9.17, 15) is 14.7 Å². The maximum Gasteiger partial charge on any atom is 0.246 e. The third kappa shape index (κ3) is 6.85. The second-order valence-corrected chi connectivity index (χ2v) is 10.2. The first kappa shape index (κ1) is 26.6. The molecule has 3 heterocycles. The van der Waals surface area contributed by atoms with Gasteiger partial charge in [-0.05, 0) is 67.3 Å². The summed E-state index contributed by atoms with van der Waals surface area (Å²) >= 11 is 12.0. The number of likely N-dealkylation sites (tertiary alicyclic amines) is 1. The van der Waals surface area contributed by atoms with Crippen LogP contribution in [0, 0.1) is 0 Å². The van der Waals surface area contributed by atoms with Gasteiger partial charge in [-0.25, -0.2) is 0 Å². The van der Waals surface area contributed by atoms with E-state index in [2.05, 4.69) is 9.88 Å². The molecule has 1 N–H and O–H groups in total. The van der Waals surface area contributed by atoms with Crippen molar-refractivity contribution in [3.8, 4) is 0 Å². The molecule has 192 valence electrons. The van der Waals surface area contributed by atoms with E-state index in [0.29, 0.717) is 55.5 Å². The molecule has 0 unspecified atom stereocenters. The van der Waals surface area contributed by atoms with Crippen LogP contribution in [0.4, 0.5) is 0 Å². The van der Waals surface area contributed by atoms with Gasteiger partial charge in [0.15, 0.2) is 0 Å². The molecule has 2 aliphatic rings. The van der Waals surface area contributed by atoms with Crippen LogP contribution < -0.4 is 0 Å². The van der Waals surface area contributed by atoms with E-state index in [-0.39, 0.29) is 11.8 Å². The van der Waals surface area contributed by atoms with Crippen molar-refractivity contribution in [1.82, 2.24) is 19.7 Å².